The largest absolute Gasteiger partial charge is 0.339 e. The molecule has 1 spiro atoms. The van der Waals surface area contributed by atoms with Crippen LogP contribution in [0.15, 0.2) is 16.9 Å². The van der Waals surface area contributed by atoms with Crippen molar-refractivity contribution >= 4 is 11.8 Å². The zero-order valence-corrected chi connectivity index (χ0v) is 15.4. The number of nitrogens with zero attached hydrogens (tertiary/aromatic N) is 2. The summed E-state index contributed by atoms with van der Waals surface area (Å²) in [6.45, 7) is 3.72. The number of nitrogens with one attached hydrogen (secondary N) is 1. The Labute approximate surface area is 153 Å². The van der Waals surface area contributed by atoms with Crippen LogP contribution in [0.25, 0.3) is 0 Å². The lowest BCUT2D eigenvalue weighted by Crippen LogP contribution is -2.53. The summed E-state index contributed by atoms with van der Waals surface area (Å²) in [5, 5.41) is 0. The molecule has 6 heteroatoms. The van der Waals surface area contributed by atoms with Crippen LogP contribution in [0.4, 0.5) is 0 Å². The fraction of sp³-hybridized carbons (Fsp3) is 0.650. The van der Waals surface area contributed by atoms with Crippen molar-refractivity contribution < 1.29 is 9.59 Å². The number of aryl methyl sites for hydroxylation is 1. The average Bonchev–Trinajstić information content (AvgIpc) is 3.27. The molecule has 4 rings (SSSR count). The summed E-state index contributed by atoms with van der Waals surface area (Å²) in [6.07, 6.45) is 7.31. The molecular weight excluding hydrogens is 330 g/mol. The van der Waals surface area contributed by atoms with Gasteiger partial charge in [-0.3, -0.25) is 14.4 Å². The second-order valence-electron chi connectivity index (χ2n) is 8.21. The quantitative estimate of drug-likeness (QED) is 0.881. The van der Waals surface area contributed by atoms with Crippen LogP contribution in [0.2, 0.25) is 0 Å². The van der Waals surface area contributed by atoms with Crippen molar-refractivity contribution in [2.75, 3.05) is 19.6 Å². The third kappa shape index (κ3) is 2.95. The number of aromatic nitrogens is 1. The van der Waals surface area contributed by atoms with Crippen molar-refractivity contribution in [1.82, 2.24) is 14.8 Å². The lowest BCUT2D eigenvalue weighted by molar-refractivity contribution is -0.148. The molecule has 0 bridgehead atoms. The standard InChI is InChI=1S/C20H27N3O3/c1-14-11-15(12-17(24)21-14)18(25)22-10-8-20(13-22)7-4-9-23(19(20)26)16-5-2-3-6-16/h11-12,16H,2-10,13H2,1H3,(H,21,24)/t20-/m1/s1. The van der Waals surface area contributed by atoms with E-state index in [-0.39, 0.29) is 17.4 Å². The normalized spacial score (nSPS) is 26.9. The number of carbonyl (C=O) groups excluding carboxylic acids is 2. The molecule has 1 atom stereocenters. The molecule has 2 amide bonds. The van der Waals surface area contributed by atoms with Crippen molar-refractivity contribution in [1.29, 1.82) is 0 Å². The number of hydrogen-bond donors (Lipinski definition) is 1. The third-order valence-corrected chi connectivity index (χ3v) is 6.40. The predicted molar refractivity (Wildman–Crippen MR) is 98.0 cm³/mol. The summed E-state index contributed by atoms with van der Waals surface area (Å²) in [6, 6.07) is 3.47. The number of likely N-dealkylation sites (tertiary alicyclic amines) is 2. The number of carbonyl (C=O) groups is 2. The van der Waals surface area contributed by atoms with Crippen molar-refractivity contribution in [2.24, 2.45) is 5.41 Å². The molecule has 26 heavy (non-hydrogen) atoms. The Kier molecular flexibility index (Phi) is 4.37. The van der Waals surface area contributed by atoms with Crippen LogP contribution >= 0.6 is 0 Å². The molecule has 1 saturated carbocycles. The zero-order chi connectivity index (χ0) is 18.3. The maximum atomic E-state index is 13.3. The molecule has 2 saturated heterocycles. The fourth-order valence-corrected chi connectivity index (χ4v) is 5.08. The summed E-state index contributed by atoms with van der Waals surface area (Å²) >= 11 is 0. The maximum Gasteiger partial charge on any atom is 0.254 e. The summed E-state index contributed by atoms with van der Waals surface area (Å²) in [5.74, 6) is 0.120. The predicted octanol–water partition coefficient (Wildman–Crippen LogP) is 2.08. The topological polar surface area (TPSA) is 73.5 Å². The van der Waals surface area contributed by atoms with E-state index in [2.05, 4.69) is 9.88 Å². The van der Waals surface area contributed by atoms with Crippen LogP contribution in [0.1, 0.15) is 61.0 Å². The first-order chi connectivity index (χ1) is 12.5. The highest BCUT2D eigenvalue weighted by Gasteiger charge is 2.50. The molecular formula is C20H27N3O3. The molecule has 0 radical (unpaired) electrons. The van der Waals surface area contributed by atoms with Gasteiger partial charge in [0.25, 0.3) is 5.91 Å². The van der Waals surface area contributed by atoms with Crippen molar-refractivity contribution in [3.05, 3.63) is 33.7 Å². The summed E-state index contributed by atoms with van der Waals surface area (Å²) in [5.41, 5.74) is 0.422. The number of pyridine rings is 1. The number of hydrogen-bond acceptors (Lipinski definition) is 3. The lowest BCUT2D eigenvalue weighted by atomic mass is 9.77. The van der Waals surface area contributed by atoms with Gasteiger partial charge in [0.15, 0.2) is 0 Å². The van der Waals surface area contributed by atoms with E-state index in [1.165, 1.54) is 18.9 Å². The Morgan fingerprint density at radius 3 is 2.62 bits per heavy atom. The average molecular weight is 357 g/mol. The molecule has 0 aromatic carbocycles. The summed E-state index contributed by atoms with van der Waals surface area (Å²) in [4.78, 5) is 44.4. The number of aromatic amines is 1. The molecule has 0 unspecified atom stereocenters. The van der Waals surface area contributed by atoms with Gasteiger partial charge in [-0.1, -0.05) is 12.8 Å². The Morgan fingerprint density at radius 2 is 1.88 bits per heavy atom. The van der Waals surface area contributed by atoms with Crippen molar-refractivity contribution in [2.45, 2.75) is 57.9 Å². The lowest BCUT2D eigenvalue weighted by Gasteiger charge is -2.42. The fourth-order valence-electron chi connectivity index (χ4n) is 5.08. The minimum atomic E-state index is -0.410. The molecule has 1 N–H and O–H groups in total. The van der Waals surface area contributed by atoms with Gasteiger partial charge in [-0.2, -0.15) is 0 Å². The van der Waals surface area contributed by atoms with Gasteiger partial charge in [0.2, 0.25) is 11.5 Å². The number of amides is 2. The number of piperidine rings is 1. The van der Waals surface area contributed by atoms with Crippen LogP contribution in [0, 0.1) is 12.3 Å². The van der Waals surface area contributed by atoms with E-state index in [1.54, 1.807) is 17.9 Å². The van der Waals surface area contributed by atoms with Crippen LogP contribution in [-0.2, 0) is 4.79 Å². The van der Waals surface area contributed by atoms with E-state index in [1.807, 2.05) is 0 Å². The Morgan fingerprint density at radius 1 is 1.12 bits per heavy atom. The molecule has 3 fully saturated rings. The van der Waals surface area contributed by atoms with Gasteiger partial charge in [0.05, 0.1) is 5.41 Å². The molecule has 140 valence electrons. The minimum absolute atomic E-state index is 0.137. The second kappa shape index (κ2) is 6.56. The van der Waals surface area contributed by atoms with E-state index in [9.17, 15) is 14.4 Å². The van der Waals surface area contributed by atoms with E-state index >= 15 is 0 Å². The molecule has 2 aliphatic heterocycles. The molecule has 1 aromatic rings. The SMILES string of the molecule is Cc1cc(C(=O)N2CC[C@]3(CCCN(C4CCCC4)C3=O)C2)cc(=O)[nH]1. The molecule has 3 aliphatic rings. The third-order valence-electron chi connectivity index (χ3n) is 6.40. The second-order valence-corrected chi connectivity index (χ2v) is 8.21. The number of H-pyrrole nitrogens is 1. The minimum Gasteiger partial charge on any atom is -0.339 e. The van der Waals surface area contributed by atoms with Crippen LogP contribution in [0.5, 0.6) is 0 Å². The van der Waals surface area contributed by atoms with Crippen LogP contribution in [0.3, 0.4) is 0 Å². The molecule has 6 nitrogen and oxygen atoms in total. The zero-order valence-electron chi connectivity index (χ0n) is 15.4. The highest BCUT2D eigenvalue weighted by molar-refractivity contribution is 5.95. The van der Waals surface area contributed by atoms with Gasteiger partial charge in [-0.05, 0) is 45.1 Å². The van der Waals surface area contributed by atoms with Crippen molar-refractivity contribution in [3.8, 4) is 0 Å². The molecule has 1 aromatic heterocycles. The van der Waals surface area contributed by atoms with E-state index in [0.29, 0.717) is 30.4 Å². The Balaban J connectivity index is 1.52. The molecule has 3 heterocycles. The van der Waals surface area contributed by atoms with Crippen molar-refractivity contribution in [3.63, 3.8) is 0 Å². The Bertz CT molecular complexity index is 781. The summed E-state index contributed by atoms with van der Waals surface area (Å²) < 4.78 is 0. The first-order valence-electron chi connectivity index (χ1n) is 9.80. The van der Waals surface area contributed by atoms with Gasteiger partial charge in [0, 0.05) is 43.0 Å². The van der Waals surface area contributed by atoms with Gasteiger partial charge in [-0.25, -0.2) is 0 Å². The van der Waals surface area contributed by atoms with E-state index in [4.69, 9.17) is 0 Å². The van der Waals surface area contributed by atoms with Crippen LogP contribution in [-0.4, -0.2) is 52.3 Å². The van der Waals surface area contributed by atoms with E-state index < -0.39 is 5.41 Å². The maximum absolute atomic E-state index is 13.3. The van der Waals surface area contributed by atoms with Crippen LogP contribution < -0.4 is 5.56 Å². The first kappa shape index (κ1) is 17.3. The first-order valence-corrected chi connectivity index (χ1v) is 9.80. The molecule has 1 aliphatic carbocycles. The van der Waals surface area contributed by atoms with E-state index in [0.717, 1.165) is 38.6 Å². The van der Waals surface area contributed by atoms with Gasteiger partial charge in [-0.15, -0.1) is 0 Å². The Hall–Kier alpha value is -2.11. The van der Waals surface area contributed by atoms with Gasteiger partial charge < -0.3 is 14.8 Å². The van der Waals surface area contributed by atoms with Gasteiger partial charge in [0.1, 0.15) is 0 Å². The van der Waals surface area contributed by atoms with Gasteiger partial charge >= 0.3 is 0 Å². The monoisotopic (exact) mass is 357 g/mol. The summed E-state index contributed by atoms with van der Waals surface area (Å²) in [7, 11) is 0. The number of rotatable bonds is 2. The smallest absolute Gasteiger partial charge is 0.254 e. The highest BCUT2D eigenvalue weighted by atomic mass is 16.2. The highest BCUT2D eigenvalue weighted by Crippen LogP contribution is 2.42.